The van der Waals surface area contributed by atoms with E-state index in [0.29, 0.717) is 13.0 Å². The van der Waals surface area contributed by atoms with Crippen molar-refractivity contribution in [2.75, 3.05) is 18.1 Å². The number of ether oxygens (including phenoxy) is 1. The maximum atomic E-state index is 12.1. The molecule has 9 heteroatoms. The number of rotatable bonds is 11. The van der Waals surface area contributed by atoms with E-state index >= 15 is 0 Å². The Morgan fingerprint density at radius 3 is 2.48 bits per heavy atom. The van der Waals surface area contributed by atoms with E-state index in [2.05, 4.69) is 41.5 Å². The van der Waals surface area contributed by atoms with Crippen molar-refractivity contribution in [1.82, 2.24) is 15.0 Å². The van der Waals surface area contributed by atoms with E-state index in [1.54, 1.807) is 0 Å². The van der Waals surface area contributed by atoms with E-state index in [1.165, 1.54) is 5.56 Å². The molecule has 8 nitrogen and oxygen atoms in total. The number of carbonyl (C=O) groups is 1. The SMILES string of the molecule is C[C@@H]1[C@@H]([Si](C)(C)O)[C@H](CCn2cc(C(CO)c3ccccc3)nn2)O[C@@H]1CCc1ccc(N2CCCC2=O)cc1. The van der Waals surface area contributed by atoms with Crippen molar-refractivity contribution in [3.8, 4) is 0 Å². The van der Waals surface area contributed by atoms with E-state index in [1.807, 2.05) is 59.2 Å². The van der Waals surface area contributed by atoms with Crippen LogP contribution in [-0.2, 0) is 22.5 Å². The van der Waals surface area contributed by atoms with Gasteiger partial charge in [-0.25, -0.2) is 0 Å². The fourth-order valence-corrected chi connectivity index (χ4v) is 9.31. The number of anilines is 1. The first-order chi connectivity index (χ1) is 19.2. The van der Waals surface area contributed by atoms with E-state index in [4.69, 9.17) is 4.74 Å². The fourth-order valence-electron chi connectivity index (χ4n) is 6.65. The summed E-state index contributed by atoms with van der Waals surface area (Å²) in [5, 5.41) is 18.7. The number of carbonyl (C=O) groups excluding carboxylic acids is 1. The summed E-state index contributed by atoms with van der Waals surface area (Å²) in [7, 11) is -2.47. The summed E-state index contributed by atoms with van der Waals surface area (Å²) in [6.45, 7) is 7.68. The van der Waals surface area contributed by atoms with Crippen molar-refractivity contribution in [2.45, 2.75) is 82.3 Å². The second-order valence-corrected chi connectivity index (χ2v) is 15.9. The van der Waals surface area contributed by atoms with E-state index < -0.39 is 8.32 Å². The van der Waals surface area contributed by atoms with E-state index in [0.717, 1.165) is 49.2 Å². The van der Waals surface area contributed by atoms with Gasteiger partial charge < -0.3 is 19.5 Å². The number of aliphatic hydroxyl groups is 1. The molecule has 1 amide bonds. The molecule has 0 aliphatic carbocycles. The van der Waals surface area contributed by atoms with Gasteiger partial charge in [0.05, 0.1) is 30.4 Å². The van der Waals surface area contributed by atoms with Crippen molar-refractivity contribution in [2.24, 2.45) is 5.92 Å². The molecule has 2 aliphatic heterocycles. The number of aryl methyl sites for hydroxylation is 2. The van der Waals surface area contributed by atoms with Gasteiger partial charge in [-0.2, -0.15) is 0 Å². The number of amides is 1. The summed E-state index contributed by atoms with van der Waals surface area (Å²) in [6, 6.07) is 18.2. The summed E-state index contributed by atoms with van der Waals surface area (Å²) >= 11 is 0. The van der Waals surface area contributed by atoms with Gasteiger partial charge in [0.25, 0.3) is 0 Å². The number of hydrogen-bond acceptors (Lipinski definition) is 6. The molecule has 40 heavy (non-hydrogen) atoms. The molecule has 2 N–H and O–H groups in total. The number of benzene rings is 2. The average molecular weight is 563 g/mol. The minimum Gasteiger partial charge on any atom is -0.432 e. The lowest BCUT2D eigenvalue weighted by molar-refractivity contribution is -0.117. The Balaban J connectivity index is 1.20. The zero-order valence-corrected chi connectivity index (χ0v) is 24.8. The van der Waals surface area contributed by atoms with Crippen LogP contribution in [0.25, 0.3) is 0 Å². The predicted octanol–water partition coefficient (Wildman–Crippen LogP) is 4.52. The molecule has 5 atom stereocenters. The van der Waals surface area contributed by atoms with Crippen LogP contribution in [0.4, 0.5) is 5.69 Å². The highest BCUT2D eigenvalue weighted by Gasteiger charge is 2.49. The molecule has 214 valence electrons. The van der Waals surface area contributed by atoms with Crippen LogP contribution in [0.2, 0.25) is 18.6 Å². The Morgan fingerprint density at radius 1 is 1.07 bits per heavy atom. The molecular formula is C31H42N4O4Si. The van der Waals surface area contributed by atoms with Gasteiger partial charge in [0.2, 0.25) is 5.91 Å². The van der Waals surface area contributed by atoms with Crippen LogP contribution in [0.15, 0.2) is 60.8 Å². The fraction of sp³-hybridized carbons (Fsp3) is 0.516. The molecule has 0 spiro atoms. The van der Waals surface area contributed by atoms with Crippen LogP contribution >= 0.6 is 0 Å². The van der Waals surface area contributed by atoms with Crippen LogP contribution < -0.4 is 4.90 Å². The van der Waals surface area contributed by atoms with Crippen molar-refractivity contribution in [3.05, 3.63) is 77.6 Å². The topological polar surface area (TPSA) is 101 Å². The molecule has 0 saturated carbocycles. The molecule has 2 fully saturated rings. The molecule has 2 saturated heterocycles. The minimum absolute atomic E-state index is 0.0287. The van der Waals surface area contributed by atoms with Gasteiger partial charge in [-0.15, -0.1) is 5.10 Å². The van der Waals surface area contributed by atoms with E-state index in [-0.39, 0.29) is 42.1 Å². The van der Waals surface area contributed by atoms with Crippen molar-refractivity contribution in [3.63, 3.8) is 0 Å². The van der Waals surface area contributed by atoms with Gasteiger partial charge in [-0.05, 0) is 68.0 Å². The molecule has 3 aromatic rings. The summed E-state index contributed by atoms with van der Waals surface area (Å²) in [5.41, 5.74) is 4.12. The highest BCUT2D eigenvalue weighted by molar-refractivity contribution is 6.71. The van der Waals surface area contributed by atoms with Crippen LogP contribution in [0.5, 0.6) is 0 Å². The first kappa shape index (κ1) is 28.7. The van der Waals surface area contributed by atoms with Gasteiger partial charge in [0.1, 0.15) is 0 Å². The first-order valence-electron chi connectivity index (χ1n) is 14.6. The molecule has 2 aromatic carbocycles. The lowest BCUT2D eigenvalue weighted by Crippen LogP contribution is -2.40. The molecular weight excluding hydrogens is 520 g/mol. The highest BCUT2D eigenvalue weighted by atomic mass is 28.4. The van der Waals surface area contributed by atoms with Gasteiger partial charge in [-0.1, -0.05) is 54.6 Å². The average Bonchev–Trinajstić information content (AvgIpc) is 3.66. The number of nitrogens with zero attached hydrogens (tertiary/aromatic N) is 4. The Kier molecular flexibility index (Phi) is 8.85. The normalized spacial score (nSPS) is 24.1. The van der Waals surface area contributed by atoms with Crippen LogP contribution in [-0.4, -0.2) is 64.5 Å². The lowest BCUT2D eigenvalue weighted by atomic mass is 9.95. The molecule has 1 aromatic heterocycles. The predicted molar refractivity (Wildman–Crippen MR) is 158 cm³/mol. The highest BCUT2D eigenvalue weighted by Crippen LogP contribution is 2.45. The standard InChI is InChI=1S/C31H42N4O4Si/c1-22-28(16-13-23-11-14-25(15-12-23)35-18-7-10-30(35)37)39-29(31(22)40(2,3)38)17-19-34-20-27(32-33-34)26(21-36)24-8-5-4-6-9-24/h4-6,8-9,11-12,14-15,20,22,26,28-29,31,36,38H,7,10,13,16-19,21H2,1-3H3/t22-,26?,28+,29-,31+/m0/s1. The number of aromatic nitrogens is 3. The van der Waals surface area contributed by atoms with E-state index in [9.17, 15) is 14.7 Å². The van der Waals surface area contributed by atoms with Crippen molar-refractivity contribution < 1.29 is 19.4 Å². The van der Waals surface area contributed by atoms with Crippen LogP contribution in [0.1, 0.15) is 55.3 Å². The number of aliphatic hydroxyl groups excluding tert-OH is 1. The summed E-state index contributed by atoms with van der Waals surface area (Å²) in [5.74, 6) is 0.269. The van der Waals surface area contributed by atoms with Gasteiger partial charge in [0, 0.05) is 36.9 Å². The maximum absolute atomic E-state index is 12.1. The van der Waals surface area contributed by atoms with Crippen LogP contribution in [0, 0.1) is 5.92 Å². The third-order valence-electron chi connectivity index (χ3n) is 8.70. The molecule has 1 unspecified atom stereocenters. The summed E-state index contributed by atoms with van der Waals surface area (Å²) < 4.78 is 8.47. The molecule has 5 rings (SSSR count). The minimum atomic E-state index is -2.47. The molecule has 0 radical (unpaired) electrons. The first-order valence-corrected chi connectivity index (χ1v) is 17.6. The van der Waals surface area contributed by atoms with Crippen molar-refractivity contribution >= 4 is 19.9 Å². The van der Waals surface area contributed by atoms with Gasteiger partial charge in [0.15, 0.2) is 8.32 Å². The van der Waals surface area contributed by atoms with Crippen molar-refractivity contribution in [1.29, 1.82) is 0 Å². The Labute approximate surface area is 238 Å². The van der Waals surface area contributed by atoms with Gasteiger partial charge in [-0.3, -0.25) is 9.48 Å². The quantitative estimate of drug-likeness (QED) is 0.333. The smallest absolute Gasteiger partial charge is 0.227 e. The zero-order chi connectivity index (χ0) is 28.3. The second-order valence-electron chi connectivity index (χ2n) is 11.9. The monoisotopic (exact) mass is 562 g/mol. The molecule has 2 aliphatic rings. The largest absolute Gasteiger partial charge is 0.432 e. The molecule has 3 heterocycles. The Morgan fingerprint density at radius 2 is 1.82 bits per heavy atom. The summed E-state index contributed by atoms with van der Waals surface area (Å²) in [6.07, 6.45) is 6.06. The Bertz CT molecular complexity index is 1260. The maximum Gasteiger partial charge on any atom is 0.227 e. The third-order valence-corrected chi connectivity index (χ3v) is 11.2. The Hall–Kier alpha value is -2.85. The van der Waals surface area contributed by atoms with Crippen LogP contribution in [0.3, 0.4) is 0 Å². The second kappa shape index (κ2) is 12.3. The lowest BCUT2D eigenvalue weighted by Gasteiger charge is -2.30. The molecule has 0 bridgehead atoms. The summed E-state index contributed by atoms with van der Waals surface area (Å²) in [4.78, 5) is 25.1. The third kappa shape index (κ3) is 6.38. The number of hydrogen-bond donors (Lipinski definition) is 2. The van der Waals surface area contributed by atoms with Gasteiger partial charge >= 0.3 is 0 Å². The zero-order valence-electron chi connectivity index (χ0n) is 23.8.